The predicted octanol–water partition coefficient (Wildman–Crippen LogP) is 4.36. The normalized spacial score (nSPS) is 7.56. The Morgan fingerprint density at radius 3 is 1.83 bits per heavy atom. The largest absolute Gasteiger partial charge is 0.508 e. The fourth-order valence-electron chi connectivity index (χ4n) is 0.985. The average molecular weight is 258 g/mol. The lowest BCUT2D eigenvalue weighted by atomic mass is 10.2. The molecule has 0 saturated heterocycles. The molecule has 1 aromatic rings. The molecule has 18 heavy (non-hydrogen) atoms. The van der Waals surface area contributed by atoms with Crippen molar-refractivity contribution in [1.82, 2.24) is 0 Å². The van der Waals surface area contributed by atoms with Gasteiger partial charge in [0, 0.05) is 6.07 Å². The highest BCUT2D eigenvalue weighted by atomic mass is 16.5. The third-order valence-electron chi connectivity index (χ3n) is 1.44. The second kappa shape index (κ2) is 18.2. The van der Waals surface area contributed by atoms with Crippen molar-refractivity contribution >= 4 is 0 Å². The summed E-state index contributed by atoms with van der Waals surface area (Å²) in [5.41, 5.74) is 0.651. The SMILES string of the molecule is CC.CC.CC.CCOc1cc(O)cc(CO)c1. The van der Waals surface area contributed by atoms with Crippen LogP contribution >= 0.6 is 0 Å². The van der Waals surface area contributed by atoms with Gasteiger partial charge in [-0.25, -0.2) is 0 Å². The molecule has 108 valence electrons. The molecule has 0 atom stereocenters. The van der Waals surface area contributed by atoms with Crippen LogP contribution in [0.15, 0.2) is 18.2 Å². The molecule has 0 fully saturated rings. The van der Waals surface area contributed by atoms with Crippen molar-refractivity contribution < 1.29 is 14.9 Å². The highest BCUT2D eigenvalue weighted by Gasteiger charge is 1.98. The fraction of sp³-hybridized carbons (Fsp3) is 0.600. The van der Waals surface area contributed by atoms with Crippen molar-refractivity contribution in [3.8, 4) is 11.5 Å². The zero-order valence-electron chi connectivity index (χ0n) is 12.9. The summed E-state index contributed by atoms with van der Waals surface area (Å²) in [4.78, 5) is 0. The predicted molar refractivity (Wildman–Crippen MR) is 79.2 cm³/mol. The first kappa shape index (κ1) is 22.0. The summed E-state index contributed by atoms with van der Waals surface area (Å²) in [7, 11) is 0. The van der Waals surface area contributed by atoms with Crippen LogP contribution < -0.4 is 4.74 Å². The number of aromatic hydroxyl groups is 1. The van der Waals surface area contributed by atoms with E-state index in [1.165, 1.54) is 12.1 Å². The molecule has 2 N–H and O–H groups in total. The van der Waals surface area contributed by atoms with E-state index in [0.29, 0.717) is 17.9 Å². The molecule has 0 aliphatic rings. The van der Waals surface area contributed by atoms with E-state index in [0.717, 1.165) is 0 Å². The van der Waals surface area contributed by atoms with Crippen molar-refractivity contribution in [2.24, 2.45) is 0 Å². The van der Waals surface area contributed by atoms with Crippen molar-refractivity contribution in [3.63, 3.8) is 0 Å². The number of benzene rings is 1. The number of phenols is 1. The molecule has 1 aromatic carbocycles. The van der Waals surface area contributed by atoms with E-state index in [4.69, 9.17) is 14.9 Å². The maximum absolute atomic E-state index is 9.16. The van der Waals surface area contributed by atoms with Crippen LogP contribution in [0.1, 0.15) is 54.0 Å². The molecule has 0 unspecified atom stereocenters. The first-order valence-corrected chi connectivity index (χ1v) is 6.83. The summed E-state index contributed by atoms with van der Waals surface area (Å²) in [5.74, 6) is 0.701. The third-order valence-corrected chi connectivity index (χ3v) is 1.44. The van der Waals surface area contributed by atoms with Crippen LogP contribution in [0.25, 0.3) is 0 Å². The Balaban J connectivity index is -0.000000328. The Hall–Kier alpha value is -1.22. The van der Waals surface area contributed by atoms with Crippen LogP contribution in [0.3, 0.4) is 0 Å². The molecule has 0 aliphatic heterocycles. The number of hydrogen-bond acceptors (Lipinski definition) is 3. The first-order valence-electron chi connectivity index (χ1n) is 6.83. The number of rotatable bonds is 3. The van der Waals surface area contributed by atoms with Crippen LogP contribution in [0, 0.1) is 0 Å². The zero-order chi connectivity index (χ0) is 15.0. The fourth-order valence-corrected chi connectivity index (χ4v) is 0.985. The van der Waals surface area contributed by atoms with E-state index >= 15 is 0 Å². The lowest BCUT2D eigenvalue weighted by Crippen LogP contribution is -1.92. The minimum absolute atomic E-state index is 0.0888. The topological polar surface area (TPSA) is 49.7 Å². The molecule has 0 bridgehead atoms. The molecule has 0 heterocycles. The monoisotopic (exact) mass is 258 g/mol. The highest BCUT2D eigenvalue weighted by Crippen LogP contribution is 2.21. The van der Waals surface area contributed by atoms with Gasteiger partial charge in [-0.1, -0.05) is 41.5 Å². The van der Waals surface area contributed by atoms with Gasteiger partial charge in [-0.15, -0.1) is 0 Å². The smallest absolute Gasteiger partial charge is 0.123 e. The van der Waals surface area contributed by atoms with Crippen LogP contribution in [-0.2, 0) is 6.61 Å². The van der Waals surface area contributed by atoms with Gasteiger partial charge in [-0.3, -0.25) is 0 Å². The van der Waals surface area contributed by atoms with Crippen LogP contribution in [0.5, 0.6) is 11.5 Å². The Morgan fingerprint density at radius 2 is 1.44 bits per heavy atom. The molecule has 3 heteroatoms. The van der Waals surface area contributed by atoms with E-state index in [2.05, 4.69) is 0 Å². The van der Waals surface area contributed by atoms with Crippen molar-refractivity contribution in [1.29, 1.82) is 0 Å². The van der Waals surface area contributed by atoms with Gasteiger partial charge in [-0.05, 0) is 24.6 Å². The molecular weight excluding hydrogens is 228 g/mol. The number of hydrogen-bond donors (Lipinski definition) is 2. The Morgan fingerprint density at radius 1 is 0.944 bits per heavy atom. The number of ether oxygens (including phenoxy) is 1. The summed E-state index contributed by atoms with van der Waals surface area (Å²) in [6, 6.07) is 4.72. The van der Waals surface area contributed by atoms with E-state index in [-0.39, 0.29) is 12.4 Å². The molecule has 0 aromatic heterocycles. The van der Waals surface area contributed by atoms with Gasteiger partial charge < -0.3 is 14.9 Å². The quantitative estimate of drug-likeness (QED) is 0.846. The van der Waals surface area contributed by atoms with Crippen LogP contribution in [0.4, 0.5) is 0 Å². The maximum Gasteiger partial charge on any atom is 0.123 e. The van der Waals surface area contributed by atoms with Crippen molar-refractivity contribution in [3.05, 3.63) is 23.8 Å². The average Bonchev–Trinajstić information content (AvgIpc) is 2.45. The van der Waals surface area contributed by atoms with Gasteiger partial charge in [0.25, 0.3) is 0 Å². The minimum Gasteiger partial charge on any atom is -0.508 e. The van der Waals surface area contributed by atoms with E-state index in [9.17, 15) is 0 Å². The molecule has 3 nitrogen and oxygen atoms in total. The summed E-state index contributed by atoms with van der Waals surface area (Å²) in [6.45, 7) is 14.3. The van der Waals surface area contributed by atoms with Gasteiger partial charge >= 0.3 is 0 Å². The van der Waals surface area contributed by atoms with Gasteiger partial charge in [-0.2, -0.15) is 0 Å². The van der Waals surface area contributed by atoms with E-state index in [1.807, 2.05) is 48.5 Å². The Kier molecular flexibility index (Phi) is 22.2. The number of phenolic OH excluding ortho intramolecular Hbond substituents is 1. The van der Waals surface area contributed by atoms with E-state index < -0.39 is 0 Å². The van der Waals surface area contributed by atoms with Gasteiger partial charge in [0.05, 0.1) is 13.2 Å². The third kappa shape index (κ3) is 11.3. The minimum atomic E-state index is -0.0888. The number of aliphatic hydroxyl groups excluding tert-OH is 1. The molecule has 0 radical (unpaired) electrons. The Bertz CT molecular complexity index is 260. The van der Waals surface area contributed by atoms with E-state index in [1.54, 1.807) is 6.07 Å². The molecule has 0 spiro atoms. The number of aliphatic hydroxyl groups is 1. The van der Waals surface area contributed by atoms with Crippen LogP contribution in [0.2, 0.25) is 0 Å². The molecule has 1 rings (SSSR count). The Labute approximate surface area is 112 Å². The highest BCUT2D eigenvalue weighted by molar-refractivity contribution is 5.37. The van der Waals surface area contributed by atoms with Crippen molar-refractivity contribution in [2.45, 2.75) is 55.1 Å². The molecule has 0 aliphatic carbocycles. The molecule has 0 amide bonds. The van der Waals surface area contributed by atoms with Crippen LogP contribution in [-0.4, -0.2) is 16.8 Å². The summed E-state index contributed by atoms with van der Waals surface area (Å²) in [5, 5.41) is 17.9. The first-order chi connectivity index (χ1) is 8.76. The van der Waals surface area contributed by atoms with Gasteiger partial charge in [0.1, 0.15) is 11.5 Å². The summed E-state index contributed by atoms with van der Waals surface area (Å²) >= 11 is 0. The lowest BCUT2D eigenvalue weighted by molar-refractivity contribution is 0.279. The summed E-state index contributed by atoms with van der Waals surface area (Å²) < 4.78 is 5.16. The standard InChI is InChI=1S/C9H12O3.3C2H6/c1-2-12-9-4-7(6-10)3-8(11)5-9;3*1-2/h3-5,10-11H,2,6H2,1H3;3*1-2H3. The van der Waals surface area contributed by atoms with Gasteiger partial charge in [0.15, 0.2) is 0 Å². The second-order valence-electron chi connectivity index (χ2n) is 2.43. The second-order valence-corrected chi connectivity index (χ2v) is 2.43. The maximum atomic E-state index is 9.16. The van der Waals surface area contributed by atoms with Crippen molar-refractivity contribution in [2.75, 3.05) is 6.61 Å². The molecular formula is C15H30O3. The summed E-state index contributed by atoms with van der Waals surface area (Å²) in [6.07, 6.45) is 0. The lowest BCUT2D eigenvalue weighted by Gasteiger charge is -2.05. The zero-order valence-corrected chi connectivity index (χ0v) is 12.9. The molecule has 0 saturated carbocycles. The van der Waals surface area contributed by atoms with Gasteiger partial charge in [0.2, 0.25) is 0 Å².